The summed E-state index contributed by atoms with van der Waals surface area (Å²) in [6.07, 6.45) is 0.250. The van der Waals surface area contributed by atoms with Crippen LogP contribution in [0.4, 0.5) is 9.52 Å². The minimum absolute atomic E-state index is 0.0660. The first-order valence-corrected chi connectivity index (χ1v) is 6.87. The van der Waals surface area contributed by atoms with Gasteiger partial charge in [-0.15, -0.1) is 11.3 Å². The molecule has 2 rings (SSSR count). The molecular formula is C12H10BrFN2OS. The third-order valence-corrected chi connectivity index (χ3v) is 3.57. The van der Waals surface area contributed by atoms with Gasteiger partial charge >= 0.3 is 0 Å². The topological polar surface area (TPSA) is 56.0 Å². The highest BCUT2D eigenvalue weighted by atomic mass is 79.9. The highest BCUT2D eigenvalue weighted by molar-refractivity contribution is 9.10. The van der Waals surface area contributed by atoms with E-state index in [1.165, 1.54) is 17.4 Å². The Hall–Kier alpha value is -1.27. The first-order chi connectivity index (χ1) is 8.54. The van der Waals surface area contributed by atoms with E-state index in [4.69, 9.17) is 5.73 Å². The van der Waals surface area contributed by atoms with Crippen molar-refractivity contribution in [2.45, 2.75) is 12.8 Å². The Bertz CT molecular complexity index is 585. The molecule has 0 spiro atoms. The molecular weight excluding hydrogens is 319 g/mol. The maximum Gasteiger partial charge on any atom is 0.180 e. The molecule has 2 aromatic rings. The largest absolute Gasteiger partial charge is 0.375 e. The van der Waals surface area contributed by atoms with Crippen LogP contribution in [0.15, 0.2) is 28.1 Å². The van der Waals surface area contributed by atoms with Crippen molar-refractivity contribution in [2.24, 2.45) is 0 Å². The van der Waals surface area contributed by atoms with E-state index in [2.05, 4.69) is 20.9 Å². The van der Waals surface area contributed by atoms with Crippen LogP contribution in [0.25, 0.3) is 0 Å². The van der Waals surface area contributed by atoms with Crippen molar-refractivity contribution < 1.29 is 9.18 Å². The molecule has 18 heavy (non-hydrogen) atoms. The van der Waals surface area contributed by atoms with E-state index >= 15 is 0 Å². The molecule has 0 unspecified atom stereocenters. The van der Waals surface area contributed by atoms with Gasteiger partial charge in [-0.1, -0.05) is 22.0 Å². The van der Waals surface area contributed by atoms with Gasteiger partial charge in [0.15, 0.2) is 5.13 Å². The van der Waals surface area contributed by atoms with Gasteiger partial charge in [-0.05, 0) is 17.7 Å². The molecule has 0 saturated carbocycles. The quantitative estimate of drug-likeness (QED) is 0.938. The number of hydrogen-bond acceptors (Lipinski definition) is 4. The van der Waals surface area contributed by atoms with Crippen LogP contribution in [0, 0.1) is 5.82 Å². The third-order valence-electron chi connectivity index (χ3n) is 2.35. The Morgan fingerprint density at radius 2 is 2.22 bits per heavy atom. The Kier molecular flexibility index (Phi) is 4.08. The fourth-order valence-corrected chi connectivity index (χ4v) is 2.44. The van der Waals surface area contributed by atoms with Crippen molar-refractivity contribution in [3.63, 3.8) is 0 Å². The minimum atomic E-state index is -0.379. The Morgan fingerprint density at radius 3 is 2.83 bits per heavy atom. The van der Waals surface area contributed by atoms with Gasteiger partial charge in [-0.3, -0.25) is 4.79 Å². The first-order valence-electron chi connectivity index (χ1n) is 5.20. The Morgan fingerprint density at radius 1 is 1.44 bits per heavy atom. The van der Waals surface area contributed by atoms with Crippen LogP contribution in [-0.2, 0) is 17.6 Å². The highest BCUT2D eigenvalue weighted by Crippen LogP contribution is 2.17. The number of Topliss-reactive ketones (excluding diaryl/α,β-unsaturated/α-hetero) is 1. The number of aromatic nitrogens is 1. The van der Waals surface area contributed by atoms with Crippen LogP contribution >= 0.6 is 27.3 Å². The van der Waals surface area contributed by atoms with Crippen molar-refractivity contribution >= 4 is 38.2 Å². The van der Waals surface area contributed by atoms with E-state index < -0.39 is 0 Å². The molecule has 3 nitrogen and oxygen atoms in total. The molecule has 2 N–H and O–H groups in total. The van der Waals surface area contributed by atoms with Crippen molar-refractivity contribution in [3.05, 3.63) is 45.1 Å². The number of nitrogen functional groups attached to an aromatic ring is 1. The lowest BCUT2D eigenvalue weighted by atomic mass is 10.1. The normalized spacial score (nSPS) is 10.6. The third kappa shape index (κ3) is 3.36. The molecule has 94 valence electrons. The van der Waals surface area contributed by atoms with E-state index in [1.54, 1.807) is 17.5 Å². The number of benzene rings is 1. The van der Waals surface area contributed by atoms with Gasteiger partial charge < -0.3 is 5.73 Å². The van der Waals surface area contributed by atoms with Crippen molar-refractivity contribution in [1.29, 1.82) is 0 Å². The zero-order valence-electron chi connectivity index (χ0n) is 9.32. The van der Waals surface area contributed by atoms with Gasteiger partial charge in [0.2, 0.25) is 0 Å². The van der Waals surface area contributed by atoms with Gasteiger partial charge in [0.05, 0.1) is 5.69 Å². The molecule has 1 aromatic carbocycles. The monoisotopic (exact) mass is 328 g/mol. The molecule has 1 aromatic heterocycles. The number of anilines is 1. The molecule has 0 saturated heterocycles. The summed E-state index contributed by atoms with van der Waals surface area (Å²) < 4.78 is 14.2. The average molecular weight is 329 g/mol. The van der Waals surface area contributed by atoms with Crippen LogP contribution in [0.5, 0.6) is 0 Å². The number of carbonyl (C=O) groups is 1. The number of nitrogens with zero attached hydrogens (tertiary/aromatic N) is 1. The maximum atomic E-state index is 13.5. The number of hydrogen-bond donors (Lipinski definition) is 1. The number of halogens is 2. The van der Waals surface area contributed by atoms with Gasteiger partial charge in [0.1, 0.15) is 11.6 Å². The summed E-state index contributed by atoms with van der Waals surface area (Å²) in [6.45, 7) is 0. The summed E-state index contributed by atoms with van der Waals surface area (Å²) in [5, 5.41) is 2.18. The van der Waals surface area contributed by atoms with Crippen LogP contribution in [0.1, 0.15) is 11.3 Å². The van der Waals surface area contributed by atoms with E-state index in [-0.39, 0.29) is 24.4 Å². The second-order valence-corrected chi connectivity index (χ2v) is 5.61. The minimum Gasteiger partial charge on any atom is -0.375 e. The van der Waals surface area contributed by atoms with E-state index in [0.29, 0.717) is 20.9 Å². The molecule has 1 heterocycles. The summed E-state index contributed by atoms with van der Waals surface area (Å²) >= 11 is 4.46. The average Bonchev–Trinajstić information content (AvgIpc) is 2.68. The molecule has 0 aliphatic rings. The summed E-state index contributed by atoms with van der Waals surface area (Å²) in [5.74, 6) is -0.461. The molecule has 0 radical (unpaired) electrons. The fourth-order valence-electron chi connectivity index (χ4n) is 1.55. The zero-order chi connectivity index (χ0) is 13.1. The fraction of sp³-hybridized carbons (Fsp3) is 0.167. The lowest BCUT2D eigenvalue weighted by Gasteiger charge is -2.02. The Balaban J connectivity index is 2.03. The summed E-state index contributed by atoms with van der Waals surface area (Å²) in [4.78, 5) is 15.8. The van der Waals surface area contributed by atoms with Crippen LogP contribution in [-0.4, -0.2) is 10.8 Å². The Labute approximate surface area is 116 Å². The number of nitrogens with two attached hydrogens (primary N) is 1. The summed E-state index contributed by atoms with van der Waals surface area (Å²) in [6, 6.07) is 4.67. The zero-order valence-corrected chi connectivity index (χ0v) is 11.7. The lowest BCUT2D eigenvalue weighted by Crippen LogP contribution is -2.08. The van der Waals surface area contributed by atoms with Crippen molar-refractivity contribution in [3.8, 4) is 0 Å². The lowest BCUT2D eigenvalue weighted by molar-refractivity contribution is -0.117. The van der Waals surface area contributed by atoms with Gasteiger partial charge in [-0.2, -0.15) is 0 Å². The predicted octanol–water partition coefficient (Wildman–Crippen LogP) is 2.98. The smallest absolute Gasteiger partial charge is 0.180 e. The van der Waals surface area contributed by atoms with Crippen LogP contribution in [0.3, 0.4) is 0 Å². The number of carbonyl (C=O) groups excluding carboxylic acids is 1. The summed E-state index contributed by atoms with van der Waals surface area (Å²) in [5.41, 5.74) is 6.51. The molecule has 6 heteroatoms. The molecule has 0 amide bonds. The molecule has 0 atom stereocenters. The standard InChI is InChI=1S/C12H10BrFN2OS/c13-8-2-1-7(11(14)4-8)3-10(17)5-9-6-18-12(15)16-9/h1-2,4,6H,3,5H2,(H2,15,16). The SMILES string of the molecule is Nc1nc(CC(=O)Cc2ccc(Br)cc2F)cs1. The number of thiazole rings is 1. The second kappa shape index (κ2) is 5.58. The number of rotatable bonds is 4. The second-order valence-electron chi connectivity index (χ2n) is 3.81. The summed E-state index contributed by atoms with van der Waals surface area (Å²) in [7, 11) is 0. The number of ketones is 1. The highest BCUT2D eigenvalue weighted by Gasteiger charge is 2.11. The molecule has 0 fully saturated rings. The van der Waals surface area contributed by atoms with Crippen LogP contribution < -0.4 is 5.73 Å². The first kappa shape index (κ1) is 13.2. The van der Waals surface area contributed by atoms with Gasteiger partial charge in [0.25, 0.3) is 0 Å². The van der Waals surface area contributed by atoms with E-state index in [9.17, 15) is 9.18 Å². The van der Waals surface area contributed by atoms with Crippen molar-refractivity contribution in [2.75, 3.05) is 5.73 Å². The molecule has 0 aliphatic carbocycles. The van der Waals surface area contributed by atoms with E-state index in [1.807, 2.05) is 0 Å². The van der Waals surface area contributed by atoms with E-state index in [0.717, 1.165) is 0 Å². The van der Waals surface area contributed by atoms with Gasteiger partial charge in [0, 0.05) is 22.7 Å². The van der Waals surface area contributed by atoms with Crippen molar-refractivity contribution in [1.82, 2.24) is 4.98 Å². The molecule has 0 aliphatic heterocycles. The molecule has 0 bridgehead atoms. The predicted molar refractivity (Wildman–Crippen MR) is 73.0 cm³/mol. The maximum absolute atomic E-state index is 13.5. The van der Waals surface area contributed by atoms with Crippen LogP contribution in [0.2, 0.25) is 0 Å². The van der Waals surface area contributed by atoms with Gasteiger partial charge in [-0.25, -0.2) is 9.37 Å².